The van der Waals surface area contributed by atoms with Gasteiger partial charge in [0.15, 0.2) is 0 Å². The first-order chi connectivity index (χ1) is 13.6. The number of likely N-dealkylation sites (tertiary alicyclic amines) is 1. The fourth-order valence-corrected chi connectivity index (χ4v) is 4.05. The van der Waals surface area contributed by atoms with E-state index in [0.29, 0.717) is 31.6 Å². The molecular weight excluding hydrogens is 374 g/mol. The molecule has 2 fully saturated rings. The van der Waals surface area contributed by atoms with Crippen LogP contribution in [-0.2, 0) is 11.3 Å². The summed E-state index contributed by atoms with van der Waals surface area (Å²) >= 11 is 6.08. The summed E-state index contributed by atoms with van der Waals surface area (Å²) in [5.74, 6) is 0.285. The molecule has 0 bridgehead atoms. The maximum Gasteiger partial charge on any atom is 0.253 e. The van der Waals surface area contributed by atoms with Gasteiger partial charge in [0.2, 0.25) is 5.91 Å². The Morgan fingerprint density at radius 2 is 1.71 bits per heavy atom. The van der Waals surface area contributed by atoms with Crippen LogP contribution in [0.2, 0.25) is 5.02 Å². The third-order valence-electron chi connectivity index (χ3n) is 5.49. The number of halogens is 1. The SMILES string of the molecule is O=C1CCCN1Cc1ccc(C(=O)N2CCN(c3cccc(Cl)c3)CC2)cc1. The molecule has 2 aliphatic heterocycles. The van der Waals surface area contributed by atoms with Crippen LogP contribution < -0.4 is 4.90 Å². The zero-order valence-corrected chi connectivity index (χ0v) is 16.6. The summed E-state index contributed by atoms with van der Waals surface area (Å²) in [6, 6.07) is 15.5. The summed E-state index contributed by atoms with van der Waals surface area (Å²) in [6.45, 7) is 4.43. The molecule has 2 aliphatic rings. The molecule has 0 N–H and O–H groups in total. The van der Waals surface area contributed by atoms with Gasteiger partial charge in [0.05, 0.1) is 0 Å². The van der Waals surface area contributed by atoms with E-state index >= 15 is 0 Å². The minimum Gasteiger partial charge on any atom is -0.368 e. The van der Waals surface area contributed by atoms with Crippen molar-refractivity contribution in [3.8, 4) is 0 Å². The number of anilines is 1. The zero-order valence-electron chi connectivity index (χ0n) is 15.8. The predicted octanol–water partition coefficient (Wildman–Crippen LogP) is 3.42. The lowest BCUT2D eigenvalue weighted by Gasteiger charge is -2.36. The Kier molecular flexibility index (Phi) is 5.53. The first-order valence-corrected chi connectivity index (χ1v) is 10.1. The molecule has 2 amide bonds. The summed E-state index contributed by atoms with van der Waals surface area (Å²) in [6.07, 6.45) is 1.59. The van der Waals surface area contributed by atoms with Crippen LogP contribution in [0.25, 0.3) is 0 Å². The molecule has 2 heterocycles. The van der Waals surface area contributed by atoms with E-state index in [1.54, 1.807) is 0 Å². The fraction of sp³-hybridized carbons (Fsp3) is 0.364. The van der Waals surface area contributed by atoms with Crippen molar-refractivity contribution in [2.24, 2.45) is 0 Å². The average molecular weight is 398 g/mol. The van der Waals surface area contributed by atoms with E-state index in [9.17, 15) is 9.59 Å². The maximum absolute atomic E-state index is 12.8. The summed E-state index contributed by atoms with van der Waals surface area (Å²) in [5, 5.41) is 0.728. The van der Waals surface area contributed by atoms with E-state index in [2.05, 4.69) is 4.90 Å². The summed E-state index contributed by atoms with van der Waals surface area (Å²) in [5.41, 5.74) is 2.87. The predicted molar refractivity (Wildman–Crippen MR) is 111 cm³/mol. The van der Waals surface area contributed by atoms with Crippen molar-refractivity contribution in [3.63, 3.8) is 0 Å². The molecule has 0 aromatic heterocycles. The standard InChI is InChI=1S/C22H24ClN3O2/c23-19-3-1-4-20(15-19)24-11-13-25(14-12-24)22(28)18-8-6-17(7-9-18)16-26-10-2-5-21(26)27/h1,3-4,6-9,15H,2,5,10-14,16H2. The summed E-state index contributed by atoms with van der Waals surface area (Å²) in [7, 11) is 0. The van der Waals surface area contributed by atoms with E-state index in [1.165, 1.54) is 0 Å². The summed E-state index contributed by atoms with van der Waals surface area (Å²) in [4.78, 5) is 30.6. The van der Waals surface area contributed by atoms with Crippen molar-refractivity contribution in [3.05, 3.63) is 64.7 Å². The van der Waals surface area contributed by atoms with Gasteiger partial charge in [-0.2, -0.15) is 0 Å². The lowest BCUT2D eigenvalue weighted by molar-refractivity contribution is -0.128. The smallest absolute Gasteiger partial charge is 0.253 e. The number of hydrogen-bond donors (Lipinski definition) is 0. The number of carbonyl (C=O) groups excluding carboxylic acids is 2. The second-order valence-electron chi connectivity index (χ2n) is 7.37. The Morgan fingerprint density at radius 3 is 2.36 bits per heavy atom. The number of carbonyl (C=O) groups is 2. The number of nitrogens with zero attached hydrogens (tertiary/aromatic N) is 3. The van der Waals surface area contributed by atoms with Gasteiger partial charge >= 0.3 is 0 Å². The molecule has 146 valence electrons. The number of hydrogen-bond acceptors (Lipinski definition) is 3. The van der Waals surface area contributed by atoms with Gasteiger partial charge in [-0.1, -0.05) is 29.8 Å². The van der Waals surface area contributed by atoms with E-state index in [4.69, 9.17) is 11.6 Å². The summed E-state index contributed by atoms with van der Waals surface area (Å²) < 4.78 is 0. The molecule has 0 atom stereocenters. The van der Waals surface area contributed by atoms with E-state index < -0.39 is 0 Å². The fourth-order valence-electron chi connectivity index (χ4n) is 3.87. The molecule has 0 unspecified atom stereocenters. The lowest BCUT2D eigenvalue weighted by atomic mass is 10.1. The van der Waals surface area contributed by atoms with E-state index in [-0.39, 0.29) is 11.8 Å². The molecule has 28 heavy (non-hydrogen) atoms. The molecule has 5 nitrogen and oxygen atoms in total. The Morgan fingerprint density at radius 1 is 0.964 bits per heavy atom. The van der Waals surface area contributed by atoms with Crippen molar-refractivity contribution >= 4 is 29.1 Å². The molecule has 4 rings (SSSR count). The van der Waals surface area contributed by atoms with Crippen LogP contribution in [0.15, 0.2) is 48.5 Å². The van der Waals surface area contributed by atoms with Gasteiger partial charge in [0.1, 0.15) is 0 Å². The molecule has 2 aromatic carbocycles. The van der Waals surface area contributed by atoms with Crippen LogP contribution in [0.3, 0.4) is 0 Å². The first kappa shape index (κ1) is 18.8. The molecule has 0 radical (unpaired) electrons. The molecule has 2 aromatic rings. The first-order valence-electron chi connectivity index (χ1n) is 9.77. The van der Waals surface area contributed by atoms with E-state index in [1.807, 2.05) is 58.3 Å². The van der Waals surface area contributed by atoms with Gasteiger partial charge in [0.25, 0.3) is 5.91 Å². The molecule has 0 spiro atoms. The highest BCUT2D eigenvalue weighted by molar-refractivity contribution is 6.30. The highest BCUT2D eigenvalue weighted by atomic mass is 35.5. The van der Waals surface area contributed by atoms with E-state index in [0.717, 1.165) is 42.3 Å². The maximum atomic E-state index is 12.8. The molecule has 6 heteroatoms. The van der Waals surface area contributed by atoms with Crippen LogP contribution in [0.1, 0.15) is 28.8 Å². The van der Waals surface area contributed by atoms with Gasteiger partial charge in [-0.25, -0.2) is 0 Å². The molecule has 0 aliphatic carbocycles. The highest BCUT2D eigenvalue weighted by Gasteiger charge is 2.23. The second kappa shape index (κ2) is 8.23. The van der Waals surface area contributed by atoms with Crippen molar-refractivity contribution in [1.82, 2.24) is 9.80 Å². The zero-order chi connectivity index (χ0) is 19.5. The van der Waals surface area contributed by atoms with Gasteiger partial charge in [-0.15, -0.1) is 0 Å². The Balaban J connectivity index is 1.34. The number of amides is 2. The molecular formula is C22H24ClN3O2. The third kappa shape index (κ3) is 4.14. The third-order valence-corrected chi connectivity index (χ3v) is 5.72. The van der Waals surface area contributed by atoms with Gasteiger partial charge in [-0.3, -0.25) is 9.59 Å². The van der Waals surface area contributed by atoms with Crippen LogP contribution in [0.5, 0.6) is 0 Å². The van der Waals surface area contributed by atoms with Crippen LogP contribution in [-0.4, -0.2) is 54.3 Å². The minimum absolute atomic E-state index is 0.0644. The normalized spacial score (nSPS) is 17.3. The quantitative estimate of drug-likeness (QED) is 0.794. The van der Waals surface area contributed by atoms with Crippen molar-refractivity contribution in [2.75, 3.05) is 37.6 Å². The van der Waals surface area contributed by atoms with Crippen molar-refractivity contribution < 1.29 is 9.59 Å². The second-order valence-corrected chi connectivity index (χ2v) is 7.81. The van der Waals surface area contributed by atoms with Gasteiger partial charge < -0.3 is 14.7 Å². The van der Waals surface area contributed by atoms with Crippen LogP contribution >= 0.6 is 11.6 Å². The van der Waals surface area contributed by atoms with Gasteiger partial charge in [0, 0.05) is 62.0 Å². The molecule has 0 saturated carbocycles. The van der Waals surface area contributed by atoms with Crippen LogP contribution in [0.4, 0.5) is 5.69 Å². The Bertz CT molecular complexity index is 860. The topological polar surface area (TPSA) is 43.9 Å². The van der Waals surface area contributed by atoms with Crippen molar-refractivity contribution in [2.45, 2.75) is 19.4 Å². The average Bonchev–Trinajstić information content (AvgIpc) is 3.13. The largest absolute Gasteiger partial charge is 0.368 e. The Hall–Kier alpha value is -2.53. The number of benzene rings is 2. The van der Waals surface area contributed by atoms with Crippen LogP contribution in [0, 0.1) is 0 Å². The number of piperazine rings is 1. The Labute approximate surface area is 170 Å². The van der Waals surface area contributed by atoms with Crippen molar-refractivity contribution in [1.29, 1.82) is 0 Å². The minimum atomic E-state index is 0.0644. The number of rotatable bonds is 4. The lowest BCUT2D eigenvalue weighted by Crippen LogP contribution is -2.48. The van der Waals surface area contributed by atoms with Gasteiger partial charge in [-0.05, 0) is 42.3 Å². The monoisotopic (exact) mass is 397 g/mol. The molecule has 2 saturated heterocycles. The highest BCUT2D eigenvalue weighted by Crippen LogP contribution is 2.21.